The van der Waals surface area contributed by atoms with Gasteiger partial charge in [0.25, 0.3) is 0 Å². The Balaban J connectivity index is 0. The van der Waals surface area contributed by atoms with Crippen molar-refractivity contribution in [3.63, 3.8) is 0 Å². The van der Waals surface area contributed by atoms with Crippen LogP contribution in [-0.2, 0) is 6.54 Å². The lowest BCUT2D eigenvalue weighted by atomic mass is 10.4. The van der Waals surface area contributed by atoms with Crippen molar-refractivity contribution in [1.82, 2.24) is 24.6 Å². The van der Waals surface area contributed by atoms with Crippen LogP contribution in [0.15, 0.2) is 24.7 Å². The normalized spacial score (nSPS) is 8.96. The van der Waals surface area contributed by atoms with Gasteiger partial charge in [-0.25, -0.2) is 0 Å². The predicted molar refractivity (Wildman–Crippen MR) is 99.7 cm³/mol. The van der Waals surface area contributed by atoms with Gasteiger partial charge in [-0.2, -0.15) is 5.10 Å². The summed E-state index contributed by atoms with van der Waals surface area (Å²) in [6.07, 6.45) is 5.23. The van der Waals surface area contributed by atoms with E-state index < -0.39 is 0 Å². The van der Waals surface area contributed by atoms with E-state index in [2.05, 4.69) is 41.0 Å². The van der Waals surface area contributed by atoms with E-state index in [4.69, 9.17) is 0 Å². The van der Waals surface area contributed by atoms with Crippen LogP contribution in [0.1, 0.15) is 44.8 Å². The van der Waals surface area contributed by atoms with E-state index >= 15 is 0 Å². The van der Waals surface area contributed by atoms with E-state index in [0.29, 0.717) is 0 Å². The number of rotatable bonds is 3. The van der Waals surface area contributed by atoms with E-state index in [9.17, 15) is 0 Å². The third-order valence-corrected chi connectivity index (χ3v) is 2.81. The summed E-state index contributed by atoms with van der Waals surface area (Å²) in [5.74, 6) is 0. The molecule has 0 spiro atoms. The van der Waals surface area contributed by atoms with E-state index in [1.165, 1.54) is 5.69 Å². The van der Waals surface area contributed by atoms with Crippen molar-refractivity contribution in [3.8, 4) is 0 Å². The lowest BCUT2D eigenvalue weighted by Crippen LogP contribution is -2.19. The third-order valence-electron chi connectivity index (χ3n) is 2.81. The number of hydrogen-bond acceptors (Lipinski definition) is 4. The molecule has 2 aromatic rings. The summed E-state index contributed by atoms with van der Waals surface area (Å²) in [6.45, 7) is 16.0. The topological polar surface area (TPSA) is 46.8 Å². The molecular weight excluding hydrogens is 286 g/mol. The van der Waals surface area contributed by atoms with Crippen LogP contribution in [0.2, 0.25) is 0 Å². The highest BCUT2D eigenvalue weighted by Crippen LogP contribution is 1.95. The van der Waals surface area contributed by atoms with Crippen LogP contribution in [0.25, 0.3) is 0 Å². The maximum atomic E-state index is 4.18. The molecule has 0 aliphatic carbocycles. The molecule has 132 valence electrons. The van der Waals surface area contributed by atoms with E-state index in [1.807, 2.05) is 58.5 Å². The Morgan fingerprint density at radius 3 is 1.65 bits per heavy atom. The molecule has 0 radical (unpaired) electrons. The Kier molecular flexibility index (Phi) is 15.5. The van der Waals surface area contributed by atoms with E-state index in [0.717, 1.165) is 24.5 Å². The van der Waals surface area contributed by atoms with Crippen molar-refractivity contribution in [2.24, 2.45) is 0 Å². The summed E-state index contributed by atoms with van der Waals surface area (Å²) in [6, 6.07) is 2.02. The lowest BCUT2D eigenvalue weighted by Gasteiger charge is -2.09. The van der Waals surface area contributed by atoms with Crippen LogP contribution in [-0.4, -0.2) is 45.3 Å². The number of nitrogens with zero attached hydrogens (tertiary/aromatic N) is 5. The molecule has 5 heteroatoms. The maximum Gasteiger partial charge on any atom is 0.0584 e. The van der Waals surface area contributed by atoms with Gasteiger partial charge < -0.3 is 4.90 Å². The summed E-state index contributed by atoms with van der Waals surface area (Å²) in [7, 11) is 4.14. The molecule has 0 bridgehead atoms. The van der Waals surface area contributed by atoms with Gasteiger partial charge in [0.15, 0.2) is 0 Å². The van der Waals surface area contributed by atoms with Crippen molar-refractivity contribution in [2.45, 2.75) is 55.0 Å². The third kappa shape index (κ3) is 11.5. The van der Waals surface area contributed by atoms with Crippen LogP contribution in [0.3, 0.4) is 0 Å². The summed E-state index contributed by atoms with van der Waals surface area (Å²) in [4.78, 5) is 10.2. The molecule has 0 fully saturated rings. The number of aromatic nitrogens is 4. The molecule has 2 aromatic heterocycles. The van der Waals surface area contributed by atoms with Gasteiger partial charge in [0.05, 0.1) is 17.9 Å². The van der Waals surface area contributed by atoms with Crippen LogP contribution in [0.4, 0.5) is 0 Å². The smallest absolute Gasteiger partial charge is 0.0584 e. The molecule has 0 saturated heterocycles. The highest BCUT2D eigenvalue weighted by Gasteiger charge is 1.96. The zero-order valence-corrected chi connectivity index (χ0v) is 16.5. The van der Waals surface area contributed by atoms with Gasteiger partial charge in [-0.1, -0.05) is 27.7 Å². The first-order valence-corrected chi connectivity index (χ1v) is 8.38. The van der Waals surface area contributed by atoms with E-state index in [-0.39, 0.29) is 0 Å². The first kappa shape index (κ1) is 23.5. The molecule has 0 aliphatic heterocycles. The van der Waals surface area contributed by atoms with Crippen LogP contribution < -0.4 is 0 Å². The quantitative estimate of drug-likeness (QED) is 0.860. The Hall–Kier alpha value is -1.75. The second-order valence-electron chi connectivity index (χ2n) is 4.73. The monoisotopic (exact) mass is 321 g/mol. The molecule has 0 unspecified atom stereocenters. The minimum Gasteiger partial charge on any atom is -0.308 e. The first-order valence-electron chi connectivity index (χ1n) is 8.38. The predicted octanol–water partition coefficient (Wildman–Crippen LogP) is 3.90. The van der Waals surface area contributed by atoms with Crippen LogP contribution in [0, 0.1) is 20.8 Å². The van der Waals surface area contributed by atoms with Crippen molar-refractivity contribution < 1.29 is 0 Å². The van der Waals surface area contributed by atoms with Gasteiger partial charge in [0.2, 0.25) is 0 Å². The Morgan fingerprint density at radius 2 is 1.35 bits per heavy atom. The van der Waals surface area contributed by atoms with Gasteiger partial charge >= 0.3 is 0 Å². The van der Waals surface area contributed by atoms with Gasteiger partial charge in [0, 0.05) is 30.8 Å². The van der Waals surface area contributed by atoms with E-state index in [1.54, 1.807) is 12.4 Å². The second-order valence-corrected chi connectivity index (χ2v) is 4.73. The van der Waals surface area contributed by atoms with Gasteiger partial charge in [-0.05, 0) is 40.9 Å². The Labute approximate surface area is 142 Å². The summed E-state index contributed by atoms with van der Waals surface area (Å²) in [5, 5.41) is 4.18. The molecule has 5 nitrogen and oxygen atoms in total. The van der Waals surface area contributed by atoms with Crippen molar-refractivity contribution in [2.75, 3.05) is 20.6 Å². The summed E-state index contributed by atoms with van der Waals surface area (Å²) >= 11 is 0. The molecule has 0 saturated carbocycles. The van der Waals surface area contributed by atoms with Crippen molar-refractivity contribution in [1.29, 1.82) is 0 Å². The fourth-order valence-corrected chi connectivity index (χ4v) is 1.40. The van der Waals surface area contributed by atoms with Crippen molar-refractivity contribution in [3.05, 3.63) is 41.7 Å². The first-order chi connectivity index (χ1) is 11.0. The highest BCUT2D eigenvalue weighted by atomic mass is 15.3. The molecule has 23 heavy (non-hydrogen) atoms. The SMILES string of the molecule is CC.CC.Cc1ccnn1CCN(C)C.Cc1nccnc1C. The van der Waals surface area contributed by atoms with Gasteiger partial charge in [-0.15, -0.1) is 0 Å². The molecule has 2 heterocycles. The molecule has 0 N–H and O–H groups in total. The largest absolute Gasteiger partial charge is 0.308 e. The fourth-order valence-electron chi connectivity index (χ4n) is 1.40. The molecule has 2 rings (SSSR count). The number of likely N-dealkylation sites (N-methyl/N-ethyl adjacent to an activating group) is 1. The molecular formula is C18H35N5. The average molecular weight is 322 g/mol. The van der Waals surface area contributed by atoms with Gasteiger partial charge in [0.1, 0.15) is 0 Å². The summed E-state index contributed by atoms with van der Waals surface area (Å²) < 4.78 is 2.01. The van der Waals surface area contributed by atoms with Crippen molar-refractivity contribution >= 4 is 0 Å². The number of hydrogen-bond donors (Lipinski definition) is 0. The zero-order valence-electron chi connectivity index (χ0n) is 16.5. The fraction of sp³-hybridized carbons (Fsp3) is 0.611. The molecule has 0 aromatic carbocycles. The average Bonchev–Trinajstić information content (AvgIpc) is 2.98. The van der Waals surface area contributed by atoms with Gasteiger partial charge in [-0.3, -0.25) is 14.6 Å². The molecule has 0 aliphatic rings. The molecule has 0 amide bonds. The minimum atomic E-state index is 0.978. The highest BCUT2D eigenvalue weighted by molar-refractivity contribution is 5.04. The zero-order chi connectivity index (χ0) is 18.3. The second kappa shape index (κ2) is 15.2. The number of aryl methyl sites for hydroxylation is 3. The summed E-state index contributed by atoms with van der Waals surface area (Å²) in [5.41, 5.74) is 3.24. The maximum absolute atomic E-state index is 4.18. The van der Waals surface area contributed by atoms with Crippen LogP contribution in [0.5, 0.6) is 0 Å². The minimum absolute atomic E-state index is 0.978. The Bertz CT molecular complexity index is 471. The van der Waals surface area contributed by atoms with Crippen LogP contribution >= 0.6 is 0 Å². The Morgan fingerprint density at radius 1 is 0.870 bits per heavy atom. The standard InChI is InChI=1S/C8H15N3.C6H8N2.2C2H6/c1-8-4-5-9-11(8)7-6-10(2)3;1-5-6(2)8-4-3-7-5;2*1-2/h4-5H,6-7H2,1-3H3;3-4H,1-2H3;2*1-2H3. The lowest BCUT2D eigenvalue weighted by molar-refractivity contribution is 0.371. The molecule has 0 atom stereocenters.